The van der Waals surface area contributed by atoms with Gasteiger partial charge in [-0.3, -0.25) is 0 Å². The summed E-state index contributed by atoms with van der Waals surface area (Å²) < 4.78 is 10.6. The van der Waals surface area contributed by atoms with Crippen LogP contribution in [0.25, 0.3) is 0 Å². The van der Waals surface area contributed by atoms with Gasteiger partial charge in [-0.25, -0.2) is 9.78 Å². The number of ether oxygens (including phenoxy) is 1. The van der Waals surface area contributed by atoms with Crippen molar-refractivity contribution in [1.82, 2.24) is 4.98 Å². The fraction of sp³-hybridized carbons (Fsp3) is 0.385. The number of aryl methyl sites for hydroxylation is 2. The van der Waals surface area contributed by atoms with E-state index in [9.17, 15) is 4.79 Å². The van der Waals surface area contributed by atoms with Crippen molar-refractivity contribution in [3.63, 3.8) is 0 Å². The second-order valence-corrected chi connectivity index (χ2v) is 5.24. The first-order chi connectivity index (χ1) is 9.11. The topological polar surface area (TPSA) is 72.6 Å². The van der Waals surface area contributed by atoms with Gasteiger partial charge in [-0.05, 0) is 19.4 Å². The lowest BCUT2D eigenvalue weighted by molar-refractivity contribution is 0.0697. The van der Waals surface area contributed by atoms with E-state index in [-0.39, 0.29) is 11.5 Å². The van der Waals surface area contributed by atoms with E-state index in [4.69, 9.17) is 14.3 Å². The second-order valence-electron chi connectivity index (χ2n) is 4.11. The Kier molecular flexibility index (Phi) is 4.21. The lowest BCUT2D eigenvalue weighted by Crippen LogP contribution is -2.01. The Morgan fingerprint density at radius 1 is 1.58 bits per heavy atom. The summed E-state index contributed by atoms with van der Waals surface area (Å²) in [5.74, 6) is 0.128. The molecule has 2 aromatic heterocycles. The molecule has 0 amide bonds. The predicted octanol–water partition coefficient (Wildman–Crippen LogP) is 3.27. The smallest absolute Gasteiger partial charge is 0.349 e. The standard InChI is InChI=1S/C13H15NO4S/c1-3-4-9-5-11(12(19-9)13(15)16)17-6-10-8(2)18-7-14-10/h5,7H,3-4,6H2,1-2H3,(H,15,16). The molecule has 0 aliphatic rings. The van der Waals surface area contributed by atoms with Crippen molar-refractivity contribution in [3.8, 4) is 5.75 Å². The van der Waals surface area contributed by atoms with Gasteiger partial charge in [-0.1, -0.05) is 13.3 Å². The van der Waals surface area contributed by atoms with Gasteiger partial charge in [0.25, 0.3) is 0 Å². The van der Waals surface area contributed by atoms with Gasteiger partial charge in [-0.15, -0.1) is 11.3 Å². The van der Waals surface area contributed by atoms with Crippen LogP contribution in [-0.4, -0.2) is 16.1 Å². The van der Waals surface area contributed by atoms with Crippen LogP contribution in [0.5, 0.6) is 5.75 Å². The molecular formula is C13H15NO4S. The minimum Gasteiger partial charge on any atom is -0.485 e. The van der Waals surface area contributed by atoms with E-state index in [2.05, 4.69) is 11.9 Å². The Morgan fingerprint density at radius 3 is 2.95 bits per heavy atom. The van der Waals surface area contributed by atoms with Crippen molar-refractivity contribution in [2.75, 3.05) is 0 Å². The minimum atomic E-state index is -0.959. The molecule has 5 nitrogen and oxygen atoms in total. The molecule has 0 aliphatic carbocycles. The average molecular weight is 281 g/mol. The molecule has 2 aromatic rings. The number of carboxylic acid groups (broad SMARTS) is 1. The summed E-state index contributed by atoms with van der Waals surface area (Å²) in [7, 11) is 0. The number of nitrogens with zero attached hydrogens (tertiary/aromatic N) is 1. The highest BCUT2D eigenvalue weighted by atomic mass is 32.1. The quantitative estimate of drug-likeness (QED) is 0.879. The number of carbonyl (C=O) groups is 1. The largest absolute Gasteiger partial charge is 0.485 e. The van der Waals surface area contributed by atoms with Gasteiger partial charge in [0, 0.05) is 4.88 Å². The summed E-state index contributed by atoms with van der Waals surface area (Å²) in [4.78, 5) is 16.4. The molecular weight excluding hydrogens is 266 g/mol. The Labute approximate surface area is 114 Å². The van der Waals surface area contributed by atoms with Crippen LogP contribution >= 0.6 is 11.3 Å². The van der Waals surface area contributed by atoms with E-state index in [1.54, 1.807) is 13.0 Å². The third-order valence-corrected chi connectivity index (χ3v) is 3.81. The Morgan fingerprint density at radius 2 is 2.37 bits per heavy atom. The number of thiophene rings is 1. The number of rotatable bonds is 6. The first-order valence-electron chi connectivity index (χ1n) is 5.99. The van der Waals surface area contributed by atoms with Crippen LogP contribution in [0.3, 0.4) is 0 Å². The van der Waals surface area contributed by atoms with Gasteiger partial charge < -0.3 is 14.3 Å². The van der Waals surface area contributed by atoms with E-state index < -0.39 is 5.97 Å². The summed E-state index contributed by atoms with van der Waals surface area (Å²) in [5, 5.41) is 9.16. The molecule has 0 saturated heterocycles. The van der Waals surface area contributed by atoms with E-state index >= 15 is 0 Å². The Balaban J connectivity index is 2.14. The maximum atomic E-state index is 11.2. The second kappa shape index (κ2) is 5.88. The van der Waals surface area contributed by atoms with Crippen LogP contribution in [-0.2, 0) is 13.0 Å². The van der Waals surface area contributed by atoms with Crippen molar-refractivity contribution in [2.45, 2.75) is 33.3 Å². The molecule has 0 saturated carbocycles. The zero-order valence-corrected chi connectivity index (χ0v) is 11.6. The zero-order chi connectivity index (χ0) is 13.8. The number of aromatic carboxylic acids is 1. The molecule has 6 heteroatoms. The van der Waals surface area contributed by atoms with Gasteiger partial charge >= 0.3 is 5.97 Å². The summed E-state index contributed by atoms with van der Waals surface area (Å²) in [6, 6.07) is 1.80. The highest BCUT2D eigenvalue weighted by molar-refractivity contribution is 7.14. The molecule has 0 aromatic carbocycles. The number of aromatic nitrogens is 1. The van der Waals surface area contributed by atoms with Crippen molar-refractivity contribution in [3.05, 3.63) is 33.7 Å². The first kappa shape index (κ1) is 13.6. The molecule has 19 heavy (non-hydrogen) atoms. The molecule has 0 atom stereocenters. The zero-order valence-electron chi connectivity index (χ0n) is 10.8. The summed E-state index contributed by atoms with van der Waals surface area (Å²) in [6.07, 6.45) is 3.18. The lowest BCUT2D eigenvalue weighted by Gasteiger charge is -2.03. The molecule has 0 bridgehead atoms. The fourth-order valence-corrected chi connectivity index (χ4v) is 2.70. The SMILES string of the molecule is CCCc1cc(OCc2ncoc2C)c(C(=O)O)s1. The van der Waals surface area contributed by atoms with Gasteiger partial charge in [0.05, 0.1) is 0 Å². The molecule has 2 rings (SSSR count). The van der Waals surface area contributed by atoms with Gasteiger partial charge in [-0.2, -0.15) is 0 Å². The summed E-state index contributed by atoms with van der Waals surface area (Å²) >= 11 is 1.27. The Hall–Kier alpha value is -1.82. The van der Waals surface area contributed by atoms with Crippen LogP contribution < -0.4 is 4.74 Å². The number of oxazole rings is 1. The number of hydrogen-bond donors (Lipinski definition) is 1. The minimum absolute atomic E-state index is 0.213. The fourth-order valence-electron chi connectivity index (χ4n) is 1.66. The van der Waals surface area contributed by atoms with Crippen LogP contribution in [0.2, 0.25) is 0 Å². The molecule has 1 N–H and O–H groups in total. The van der Waals surface area contributed by atoms with Crippen LogP contribution in [0, 0.1) is 6.92 Å². The molecule has 0 fully saturated rings. The van der Waals surface area contributed by atoms with Crippen molar-refractivity contribution in [2.24, 2.45) is 0 Å². The molecule has 0 aliphatic heterocycles. The normalized spacial score (nSPS) is 10.6. The predicted molar refractivity (Wildman–Crippen MR) is 70.8 cm³/mol. The van der Waals surface area contributed by atoms with Crippen LogP contribution in [0.4, 0.5) is 0 Å². The third kappa shape index (κ3) is 3.14. The average Bonchev–Trinajstić information content (AvgIpc) is 2.94. The van der Waals surface area contributed by atoms with Gasteiger partial charge in [0.15, 0.2) is 11.3 Å². The molecule has 2 heterocycles. The summed E-state index contributed by atoms with van der Waals surface area (Å²) in [6.45, 7) is 4.06. The van der Waals surface area contributed by atoms with Crippen molar-refractivity contribution in [1.29, 1.82) is 0 Å². The van der Waals surface area contributed by atoms with Gasteiger partial charge in [0.1, 0.15) is 23.8 Å². The van der Waals surface area contributed by atoms with E-state index in [1.807, 2.05) is 0 Å². The third-order valence-electron chi connectivity index (χ3n) is 2.65. The molecule has 0 spiro atoms. The molecule has 0 unspecified atom stereocenters. The van der Waals surface area contributed by atoms with Crippen molar-refractivity contribution >= 4 is 17.3 Å². The van der Waals surface area contributed by atoms with Crippen LogP contribution in [0.1, 0.15) is 39.3 Å². The maximum absolute atomic E-state index is 11.2. The van der Waals surface area contributed by atoms with E-state index in [1.165, 1.54) is 17.7 Å². The van der Waals surface area contributed by atoms with Crippen molar-refractivity contribution < 1.29 is 19.1 Å². The monoisotopic (exact) mass is 281 g/mol. The highest BCUT2D eigenvalue weighted by Crippen LogP contribution is 2.31. The van der Waals surface area contributed by atoms with Gasteiger partial charge in [0.2, 0.25) is 0 Å². The number of hydrogen-bond acceptors (Lipinski definition) is 5. The Bertz CT molecular complexity index is 573. The summed E-state index contributed by atoms with van der Waals surface area (Å²) in [5.41, 5.74) is 0.680. The molecule has 102 valence electrons. The van der Waals surface area contributed by atoms with E-state index in [0.717, 1.165) is 17.7 Å². The van der Waals surface area contributed by atoms with E-state index in [0.29, 0.717) is 17.2 Å². The highest BCUT2D eigenvalue weighted by Gasteiger charge is 2.17. The maximum Gasteiger partial charge on any atom is 0.349 e. The number of carboxylic acids is 1. The van der Waals surface area contributed by atoms with Crippen LogP contribution in [0.15, 0.2) is 16.9 Å². The first-order valence-corrected chi connectivity index (χ1v) is 6.81. The lowest BCUT2D eigenvalue weighted by atomic mass is 10.3. The molecule has 0 radical (unpaired) electrons.